The Bertz CT molecular complexity index is 296. The molecule has 0 fully saturated rings. The van der Waals surface area contributed by atoms with E-state index in [-0.39, 0.29) is 6.10 Å². The summed E-state index contributed by atoms with van der Waals surface area (Å²) in [4.78, 5) is 2.21. The second-order valence-corrected chi connectivity index (χ2v) is 5.72. The Morgan fingerprint density at radius 3 is 2.59 bits per heavy atom. The molecule has 1 heterocycles. The Morgan fingerprint density at radius 1 is 1.09 bits per heavy atom. The molecule has 0 saturated carbocycles. The van der Waals surface area contributed by atoms with Crippen LogP contribution in [0.5, 0.6) is 0 Å². The molecule has 22 heavy (non-hydrogen) atoms. The molecule has 0 aliphatic carbocycles. The molecule has 5 nitrogen and oxygen atoms in total. The molecule has 0 N–H and O–H groups in total. The third kappa shape index (κ3) is 10.2. The zero-order chi connectivity index (χ0) is 16.0. The van der Waals surface area contributed by atoms with Crippen LogP contribution in [0.2, 0.25) is 0 Å². The maximum atomic E-state index is 5.92. The first-order valence-corrected chi connectivity index (χ1v) is 8.47. The summed E-state index contributed by atoms with van der Waals surface area (Å²) in [7, 11) is 2.08. The summed E-state index contributed by atoms with van der Waals surface area (Å²) in [6.45, 7) is 10.0. The highest BCUT2D eigenvalue weighted by Gasteiger charge is 2.08. The molecule has 1 aliphatic heterocycles. The third-order valence-corrected chi connectivity index (χ3v) is 3.69. The summed E-state index contributed by atoms with van der Waals surface area (Å²) >= 11 is 0. The molecule has 0 saturated heterocycles. The number of rotatable bonds is 2. The lowest BCUT2D eigenvalue weighted by Crippen LogP contribution is -2.27. The maximum Gasteiger partial charge on any atom is 0.100 e. The number of hydrogen-bond acceptors (Lipinski definition) is 5. The van der Waals surface area contributed by atoms with Gasteiger partial charge in [0.05, 0.1) is 38.3 Å². The van der Waals surface area contributed by atoms with Gasteiger partial charge in [-0.15, -0.1) is 0 Å². The SMILES string of the molecule is CCCC1CCOCCOCCN(C)CCO/C(C)=C/CO1. The van der Waals surface area contributed by atoms with Crippen molar-refractivity contribution in [2.45, 2.75) is 39.2 Å². The molecule has 1 atom stereocenters. The van der Waals surface area contributed by atoms with Crippen LogP contribution in [0.25, 0.3) is 0 Å². The highest BCUT2D eigenvalue weighted by molar-refractivity contribution is 4.88. The van der Waals surface area contributed by atoms with E-state index in [4.69, 9.17) is 18.9 Å². The van der Waals surface area contributed by atoms with Crippen LogP contribution in [-0.4, -0.2) is 70.8 Å². The molecule has 5 heteroatoms. The Labute approximate surface area is 135 Å². The van der Waals surface area contributed by atoms with Crippen LogP contribution in [-0.2, 0) is 18.9 Å². The average Bonchev–Trinajstić information content (AvgIpc) is 2.49. The van der Waals surface area contributed by atoms with E-state index in [0.29, 0.717) is 26.4 Å². The summed E-state index contributed by atoms with van der Waals surface area (Å²) in [6.07, 6.45) is 5.41. The molecule has 0 aromatic carbocycles. The number of nitrogens with zero attached hydrogens (tertiary/aromatic N) is 1. The van der Waals surface area contributed by atoms with Crippen molar-refractivity contribution in [3.63, 3.8) is 0 Å². The number of ether oxygens (including phenoxy) is 4. The first-order valence-electron chi connectivity index (χ1n) is 8.47. The van der Waals surface area contributed by atoms with E-state index in [1.807, 2.05) is 13.0 Å². The lowest BCUT2D eigenvalue weighted by atomic mass is 10.1. The van der Waals surface area contributed by atoms with Gasteiger partial charge >= 0.3 is 0 Å². The maximum absolute atomic E-state index is 5.92. The minimum atomic E-state index is 0.261. The van der Waals surface area contributed by atoms with Gasteiger partial charge in [0.2, 0.25) is 0 Å². The molecular formula is C17H33NO4. The van der Waals surface area contributed by atoms with Crippen LogP contribution in [0.3, 0.4) is 0 Å². The smallest absolute Gasteiger partial charge is 0.100 e. The standard InChI is InChI=1S/C17H33NO4/c1-4-5-17-7-10-19-14-15-20-12-8-18(3)9-13-21-16(2)6-11-22-17/h6,17H,4-5,7-15H2,1-3H3/b16-6+. The largest absolute Gasteiger partial charge is 0.497 e. The summed E-state index contributed by atoms with van der Waals surface area (Å²) in [5.41, 5.74) is 0. The lowest BCUT2D eigenvalue weighted by Gasteiger charge is -2.17. The Kier molecular flexibility index (Phi) is 11.4. The van der Waals surface area contributed by atoms with Gasteiger partial charge in [0.1, 0.15) is 6.61 Å². The van der Waals surface area contributed by atoms with Crippen molar-refractivity contribution in [1.82, 2.24) is 4.90 Å². The van der Waals surface area contributed by atoms with E-state index in [1.54, 1.807) is 0 Å². The van der Waals surface area contributed by atoms with Gasteiger partial charge in [0.25, 0.3) is 0 Å². The molecule has 0 aromatic rings. The van der Waals surface area contributed by atoms with Crippen LogP contribution < -0.4 is 0 Å². The fourth-order valence-corrected chi connectivity index (χ4v) is 2.22. The van der Waals surface area contributed by atoms with Gasteiger partial charge < -0.3 is 23.8 Å². The Hall–Kier alpha value is -0.620. The van der Waals surface area contributed by atoms with Gasteiger partial charge in [-0.05, 0) is 32.9 Å². The zero-order valence-corrected chi connectivity index (χ0v) is 14.5. The van der Waals surface area contributed by atoms with Gasteiger partial charge in [0.15, 0.2) is 0 Å². The molecule has 0 amide bonds. The average molecular weight is 315 g/mol. The highest BCUT2D eigenvalue weighted by atomic mass is 16.5. The number of allylic oxidation sites excluding steroid dienone is 1. The molecule has 0 aromatic heterocycles. The van der Waals surface area contributed by atoms with E-state index in [2.05, 4.69) is 18.9 Å². The molecule has 1 unspecified atom stereocenters. The molecule has 0 spiro atoms. The number of likely N-dealkylation sites (N-methyl/N-ethyl adjacent to an activating group) is 1. The van der Waals surface area contributed by atoms with Crippen molar-refractivity contribution < 1.29 is 18.9 Å². The first kappa shape index (κ1) is 19.4. The molecular weight excluding hydrogens is 282 g/mol. The normalized spacial score (nSPS) is 27.4. The van der Waals surface area contributed by atoms with Crippen molar-refractivity contribution in [2.24, 2.45) is 0 Å². The molecule has 1 aliphatic rings. The zero-order valence-electron chi connectivity index (χ0n) is 14.5. The minimum absolute atomic E-state index is 0.261. The van der Waals surface area contributed by atoms with E-state index >= 15 is 0 Å². The summed E-state index contributed by atoms with van der Waals surface area (Å²) < 4.78 is 22.8. The fourth-order valence-electron chi connectivity index (χ4n) is 2.22. The number of hydrogen-bond donors (Lipinski definition) is 0. The van der Waals surface area contributed by atoms with E-state index in [1.165, 1.54) is 0 Å². The van der Waals surface area contributed by atoms with Gasteiger partial charge in [-0.25, -0.2) is 0 Å². The van der Waals surface area contributed by atoms with Crippen LogP contribution in [0.4, 0.5) is 0 Å². The molecule has 130 valence electrons. The Balaban J connectivity index is 2.41. The molecule has 0 bridgehead atoms. The van der Waals surface area contributed by atoms with E-state index in [0.717, 1.165) is 51.3 Å². The lowest BCUT2D eigenvalue weighted by molar-refractivity contribution is 0.00911. The minimum Gasteiger partial charge on any atom is -0.497 e. The van der Waals surface area contributed by atoms with Crippen molar-refractivity contribution in [3.8, 4) is 0 Å². The quantitative estimate of drug-likeness (QED) is 0.783. The van der Waals surface area contributed by atoms with Crippen LogP contribution in [0.15, 0.2) is 11.8 Å². The van der Waals surface area contributed by atoms with Crippen molar-refractivity contribution in [3.05, 3.63) is 11.8 Å². The van der Waals surface area contributed by atoms with Gasteiger partial charge in [-0.3, -0.25) is 0 Å². The second-order valence-electron chi connectivity index (χ2n) is 5.72. The van der Waals surface area contributed by atoms with Crippen molar-refractivity contribution in [1.29, 1.82) is 0 Å². The van der Waals surface area contributed by atoms with Gasteiger partial charge in [-0.2, -0.15) is 0 Å². The predicted molar refractivity (Wildman–Crippen MR) is 88.1 cm³/mol. The molecule has 0 radical (unpaired) electrons. The van der Waals surface area contributed by atoms with Gasteiger partial charge in [-0.1, -0.05) is 13.3 Å². The topological polar surface area (TPSA) is 40.2 Å². The van der Waals surface area contributed by atoms with Crippen LogP contribution >= 0.6 is 0 Å². The Morgan fingerprint density at radius 2 is 1.82 bits per heavy atom. The van der Waals surface area contributed by atoms with Crippen LogP contribution in [0, 0.1) is 0 Å². The highest BCUT2D eigenvalue weighted by Crippen LogP contribution is 2.08. The van der Waals surface area contributed by atoms with Crippen molar-refractivity contribution in [2.75, 3.05) is 59.8 Å². The second kappa shape index (κ2) is 12.9. The van der Waals surface area contributed by atoms with Crippen molar-refractivity contribution >= 4 is 0 Å². The summed E-state index contributed by atoms with van der Waals surface area (Å²) in [5.74, 6) is 0.931. The molecule has 1 rings (SSSR count). The summed E-state index contributed by atoms with van der Waals surface area (Å²) in [6, 6.07) is 0. The first-order chi connectivity index (χ1) is 10.7. The summed E-state index contributed by atoms with van der Waals surface area (Å²) in [5, 5.41) is 0. The monoisotopic (exact) mass is 315 g/mol. The van der Waals surface area contributed by atoms with E-state index < -0.39 is 0 Å². The van der Waals surface area contributed by atoms with E-state index in [9.17, 15) is 0 Å². The third-order valence-electron chi connectivity index (χ3n) is 3.69. The van der Waals surface area contributed by atoms with Crippen LogP contribution in [0.1, 0.15) is 33.1 Å². The van der Waals surface area contributed by atoms with Gasteiger partial charge in [0, 0.05) is 19.7 Å². The predicted octanol–water partition coefficient (Wildman–Crippen LogP) is 2.46. The fraction of sp³-hybridized carbons (Fsp3) is 0.882.